The highest BCUT2D eigenvalue weighted by Crippen LogP contribution is 2.41. The monoisotopic (exact) mass is 456 g/mol. The van der Waals surface area contributed by atoms with Crippen LogP contribution in [0.3, 0.4) is 0 Å². The Balaban J connectivity index is 1.57. The molecule has 31 heavy (non-hydrogen) atoms. The van der Waals surface area contributed by atoms with Crippen molar-refractivity contribution in [3.63, 3.8) is 0 Å². The molecule has 0 spiro atoms. The van der Waals surface area contributed by atoms with Crippen LogP contribution in [0.15, 0.2) is 41.6 Å². The van der Waals surface area contributed by atoms with Gasteiger partial charge in [-0.05, 0) is 77.6 Å². The number of H-pyrrole nitrogens is 1. The van der Waals surface area contributed by atoms with Gasteiger partial charge in [0.05, 0.1) is 9.88 Å². The quantitative estimate of drug-likeness (QED) is 0.331. The Hall–Kier alpha value is -1.87. The van der Waals surface area contributed by atoms with Crippen LogP contribution in [0.2, 0.25) is 0 Å². The van der Waals surface area contributed by atoms with Gasteiger partial charge in [-0.15, -0.1) is 11.3 Å². The molecule has 0 aliphatic heterocycles. The first-order valence-corrected chi connectivity index (χ1v) is 12.5. The predicted molar refractivity (Wildman–Crippen MR) is 132 cm³/mol. The van der Waals surface area contributed by atoms with Gasteiger partial charge in [-0.1, -0.05) is 6.07 Å². The number of rotatable bonds is 7. The Kier molecular flexibility index (Phi) is 7.01. The second-order valence-corrected chi connectivity index (χ2v) is 11.1. The summed E-state index contributed by atoms with van der Waals surface area (Å²) in [6, 6.07) is 9.08. The van der Waals surface area contributed by atoms with Gasteiger partial charge >= 0.3 is 0 Å². The molecule has 166 valence electrons. The maximum absolute atomic E-state index is 4.84. The lowest BCUT2D eigenvalue weighted by atomic mass is 9.86. The summed E-state index contributed by atoms with van der Waals surface area (Å²) in [7, 11) is 2.07. The predicted octanol–water partition coefficient (Wildman–Crippen LogP) is 5.92. The van der Waals surface area contributed by atoms with Gasteiger partial charge in [0, 0.05) is 52.1 Å². The molecule has 0 atom stereocenters. The molecule has 1 saturated carbocycles. The molecule has 8 heteroatoms. The molecule has 0 amide bonds. The summed E-state index contributed by atoms with van der Waals surface area (Å²) in [6.07, 6.45) is 8.79. The first-order chi connectivity index (χ1) is 14.9. The topological polar surface area (TPSA) is 77.7 Å². The molecule has 4 rings (SSSR count). The van der Waals surface area contributed by atoms with Crippen molar-refractivity contribution in [3.8, 4) is 10.4 Å². The van der Waals surface area contributed by atoms with E-state index in [0.717, 1.165) is 11.5 Å². The van der Waals surface area contributed by atoms with E-state index in [4.69, 9.17) is 4.98 Å². The molecule has 0 bridgehead atoms. The van der Waals surface area contributed by atoms with Gasteiger partial charge in [0.2, 0.25) is 0 Å². The fourth-order valence-corrected chi connectivity index (χ4v) is 5.88. The van der Waals surface area contributed by atoms with E-state index in [1.807, 2.05) is 23.6 Å². The second kappa shape index (κ2) is 9.73. The van der Waals surface area contributed by atoms with Crippen LogP contribution in [0.4, 0.5) is 11.5 Å². The lowest BCUT2D eigenvalue weighted by molar-refractivity contribution is 0.358. The third kappa shape index (κ3) is 5.88. The summed E-state index contributed by atoms with van der Waals surface area (Å²) in [4.78, 5) is 7.26. The van der Waals surface area contributed by atoms with Crippen molar-refractivity contribution in [1.29, 1.82) is 0 Å². The smallest absolute Gasteiger partial charge is 0.152 e. The summed E-state index contributed by atoms with van der Waals surface area (Å²) in [6.45, 7) is 6.54. The summed E-state index contributed by atoms with van der Waals surface area (Å²) in [5, 5.41) is 15.1. The molecular weight excluding hydrogens is 424 g/mol. The Morgan fingerprint density at radius 1 is 1.13 bits per heavy atom. The van der Waals surface area contributed by atoms with Crippen molar-refractivity contribution in [2.45, 2.75) is 68.8 Å². The molecule has 0 unspecified atom stereocenters. The largest absolute Gasteiger partial charge is 0.339 e. The number of benzene rings is 1. The summed E-state index contributed by atoms with van der Waals surface area (Å²) < 4.78 is 3.56. The average molecular weight is 457 g/mol. The van der Waals surface area contributed by atoms with Crippen molar-refractivity contribution in [2.24, 2.45) is 0 Å². The first-order valence-electron chi connectivity index (χ1n) is 10.9. The van der Waals surface area contributed by atoms with E-state index in [-0.39, 0.29) is 5.54 Å². The standard InChI is InChI=1S/C23H32N6S2/c1-23(2,3)29-31-19-13-17(27-21-11-12-26-28-21)9-10-18(19)20-14-25-22(30-20)15-5-7-16(24-4)8-6-15/h9-16,24,29H,5-8H2,1-4H3,(H2,26,27,28)/t15-,16-. The van der Waals surface area contributed by atoms with E-state index in [1.165, 1.54) is 46.0 Å². The number of nitrogens with one attached hydrogen (secondary N) is 4. The van der Waals surface area contributed by atoms with Crippen molar-refractivity contribution in [1.82, 2.24) is 25.2 Å². The van der Waals surface area contributed by atoms with E-state index in [2.05, 4.69) is 77.8 Å². The van der Waals surface area contributed by atoms with E-state index in [0.29, 0.717) is 12.0 Å². The van der Waals surface area contributed by atoms with Gasteiger partial charge in [0.15, 0.2) is 5.82 Å². The zero-order valence-corrected chi connectivity index (χ0v) is 20.3. The minimum absolute atomic E-state index is 0.0123. The van der Waals surface area contributed by atoms with E-state index >= 15 is 0 Å². The summed E-state index contributed by atoms with van der Waals surface area (Å²) in [5.41, 5.74) is 2.25. The normalized spacial score (nSPS) is 19.5. The first kappa shape index (κ1) is 22.3. The number of thiazole rings is 1. The van der Waals surface area contributed by atoms with Gasteiger partial charge in [-0.2, -0.15) is 5.10 Å². The van der Waals surface area contributed by atoms with Crippen LogP contribution in [-0.2, 0) is 0 Å². The Morgan fingerprint density at radius 2 is 1.94 bits per heavy atom. The Labute approximate surface area is 193 Å². The molecule has 1 aromatic carbocycles. The molecule has 0 saturated heterocycles. The number of anilines is 2. The van der Waals surface area contributed by atoms with Crippen molar-refractivity contribution < 1.29 is 0 Å². The third-order valence-electron chi connectivity index (χ3n) is 5.50. The van der Waals surface area contributed by atoms with Crippen LogP contribution < -0.4 is 15.4 Å². The number of aromatic nitrogens is 3. The average Bonchev–Trinajstić information content (AvgIpc) is 3.44. The molecule has 1 aliphatic carbocycles. The van der Waals surface area contributed by atoms with Crippen molar-refractivity contribution >= 4 is 34.8 Å². The number of aromatic amines is 1. The lowest BCUT2D eigenvalue weighted by Crippen LogP contribution is -2.29. The SMILES string of the molecule is CN[C@H]1CC[C@H](c2ncc(-c3ccc(Nc4cc[nH]n4)cc3SNC(C)(C)C)s2)CC1. The van der Waals surface area contributed by atoms with Crippen LogP contribution in [-0.4, -0.2) is 33.8 Å². The minimum Gasteiger partial charge on any atom is -0.339 e. The molecule has 2 aromatic heterocycles. The highest BCUT2D eigenvalue weighted by atomic mass is 32.2. The van der Waals surface area contributed by atoms with Crippen LogP contribution >= 0.6 is 23.3 Å². The zero-order chi connectivity index (χ0) is 21.8. The molecule has 1 fully saturated rings. The van der Waals surface area contributed by atoms with E-state index in [1.54, 1.807) is 11.9 Å². The van der Waals surface area contributed by atoms with Gasteiger partial charge in [0.1, 0.15) is 0 Å². The molecule has 4 N–H and O–H groups in total. The van der Waals surface area contributed by atoms with E-state index < -0.39 is 0 Å². The van der Waals surface area contributed by atoms with Crippen molar-refractivity contribution in [3.05, 3.63) is 41.7 Å². The molecule has 2 heterocycles. The highest BCUT2D eigenvalue weighted by Gasteiger charge is 2.24. The summed E-state index contributed by atoms with van der Waals surface area (Å²) in [5.74, 6) is 1.40. The molecule has 0 radical (unpaired) electrons. The zero-order valence-electron chi connectivity index (χ0n) is 18.7. The molecule has 3 aromatic rings. The van der Waals surface area contributed by atoms with Crippen LogP contribution in [0.25, 0.3) is 10.4 Å². The van der Waals surface area contributed by atoms with Gasteiger partial charge in [0.25, 0.3) is 0 Å². The van der Waals surface area contributed by atoms with Crippen LogP contribution in [0.1, 0.15) is 57.4 Å². The van der Waals surface area contributed by atoms with E-state index in [9.17, 15) is 0 Å². The minimum atomic E-state index is 0.0123. The Bertz CT molecular complexity index is 968. The Morgan fingerprint density at radius 3 is 2.61 bits per heavy atom. The second-order valence-electron chi connectivity index (χ2n) is 9.15. The fourth-order valence-electron chi connectivity index (χ4n) is 3.80. The summed E-state index contributed by atoms with van der Waals surface area (Å²) >= 11 is 3.53. The maximum atomic E-state index is 4.84. The third-order valence-corrected chi connectivity index (χ3v) is 7.96. The van der Waals surface area contributed by atoms with Gasteiger partial charge in [-0.25, -0.2) is 4.98 Å². The highest BCUT2D eigenvalue weighted by molar-refractivity contribution is 7.97. The van der Waals surface area contributed by atoms with Crippen LogP contribution in [0, 0.1) is 0 Å². The van der Waals surface area contributed by atoms with Crippen LogP contribution in [0.5, 0.6) is 0 Å². The van der Waals surface area contributed by atoms with Gasteiger partial charge < -0.3 is 10.6 Å². The molecule has 6 nitrogen and oxygen atoms in total. The maximum Gasteiger partial charge on any atom is 0.152 e. The lowest BCUT2D eigenvalue weighted by Gasteiger charge is -2.26. The molecule has 1 aliphatic rings. The fraction of sp³-hybridized carbons (Fsp3) is 0.478. The van der Waals surface area contributed by atoms with Gasteiger partial charge in [-0.3, -0.25) is 9.82 Å². The number of nitrogens with zero attached hydrogens (tertiary/aromatic N) is 2. The van der Waals surface area contributed by atoms with Crippen molar-refractivity contribution in [2.75, 3.05) is 12.4 Å². The number of hydrogen-bond donors (Lipinski definition) is 4. The molecular formula is C23H32N6S2. The number of hydrogen-bond acceptors (Lipinski definition) is 7.